The lowest BCUT2D eigenvalue weighted by Crippen LogP contribution is -2.23. The lowest BCUT2D eigenvalue weighted by atomic mass is 10.1. The molecule has 0 amide bonds. The fourth-order valence-corrected chi connectivity index (χ4v) is 4.44. The number of hydrogen-bond acceptors (Lipinski definition) is 4. The standard InChI is InChI=1S/C15H15N3S2/c1-10-5-8-20-15(10)11-9-14-16-6-4-12(18(14)17-11)13-3-2-7-19-13/h2-3,5,7-9,12,16H,4,6H2,1H3. The summed E-state index contributed by atoms with van der Waals surface area (Å²) in [6.07, 6.45) is 1.10. The van der Waals surface area contributed by atoms with Gasteiger partial charge in [-0.2, -0.15) is 5.10 Å². The van der Waals surface area contributed by atoms with Gasteiger partial charge < -0.3 is 5.32 Å². The van der Waals surface area contributed by atoms with Crippen LogP contribution in [0.4, 0.5) is 5.82 Å². The summed E-state index contributed by atoms with van der Waals surface area (Å²) >= 11 is 3.58. The Morgan fingerprint density at radius 2 is 2.25 bits per heavy atom. The molecular formula is C15H15N3S2. The summed E-state index contributed by atoms with van der Waals surface area (Å²) in [6, 6.07) is 9.04. The molecule has 4 heterocycles. The highest BCUT2D eigenvalue weighted by Crippen LogP contribution is 2.36. The van der Waals surface area contributed by atoms with Crippen LogP contribution in [0.25, 0.3) is 10.6 Å². The third-order valence-corrected chi connectivity index (χ3v) is 5.73. The first-order valence-corrected chi connectivity index (χ1v) is 8.50. The molecule has 4 rings (SSSR count). The molecule has 1 aliphatic rings. The number of fused-ring (bicyclic) bond motifs is 1. The molecule has 102 valence electrons. The summed E-state index contributed by atoms with van der Waals surface area (Å²) in [7, 11) is 0. The molecule has 1 aliphatic heterocycles. The topological polar surface area (TPSA) is 29.9 Å². The molecule has 0 spiro atoms. The normalized spacial score (nSPS) is 17.8. The van der Waals surface area contributed by atoms with Crippen molar-refractivity contribution in [2.75, 3.05) is 11.9 Å². The summed E-state index contributed by atoms with van der Waals surface area (Å²) in [5.74, 6) is 1.14. The Morgan fingerprint density at radius 1 is 1.30 bits per heavy atom. The first kappa shape index (κ1) is 12.2. The number of nitrogens with zero attached hydrogens (tertiary/aromatic N) is 2. The van der Waals surface area contributed by atoms with Gasteiger partial charge in [0, 0.05) is 17.5 Å². The lowest BCUT2D eigenvalue weighted by molar-refractivity contribution is 0.490. The second-order valence-electron chi connectivity index (χ2n) is 5.04. The van der Waals surface area contributed by atoms with Crippen molar-refractivity contribution in [3.8, 4) is 10.6 Å². The minimum absolute atomic E-state index is 0.375. The van der Waals surface area contributed by atoms with E-state index in [2.05, 4.69) is 51.9 Å². The van der Waals surface area contributed by atoms with Gasteiger partial charge in [0.05, 0.1) is 10.9 Å². The second-order valence-corrected chi connectivity index (χ2v) is 6.93. The molecule has 3 nitrogen and oxygen atoms in total. The van der Waals surface area contributed by atoms with Crippen LogP contribution >= 0.6 is 22.7 Å². The van der Waals surface area contributed by atoms with Crippen LogP contribution in [-0.4, -0.2) is 16.3 Å². The Hall–Kier alpha value is -1.59. The van der Waals surface area contributed by atoms with Gasteiger partial charge in [0.2, 0.25) is 0 Å². The van der Waals surface area contributed by atoms with Crippen molar-refractivity contribution in [1.82, 2.24) is 9.78 Å². The maximum atomic E-state index is 4.86. The SMILES string of the molecule is Cc1ccsc1-c1cc2n(n1)C(c1cccs1)CCN2. The molecule has 1 atom stereocenters. The molecule has 0 radical (unpaired) electrons. The van der Waals surface area contributed by atoms with E-state index in [-0.39, 0.29) is 0 Å². The van der Waals surface area contributed by atoms with Crippen molar-refractivity contribution in [2.45, 2.75) is 19.4 Å². The third-order valence-electron chi connectivity index (χ3n) is 3.72. The van der Waals surface area contributed by atoms with E-state index in [0.717, 1.165) is 24.5 Å². The summed E-state index contributed by atoms with van der Waals surface area (Å²) in [5, 5.41) is 12.6. The van der Waals surface area contributed by atoms with Crippen LogP contribution in [0, 0.1) is 6.92 Å². The van der Waals surface area contributed by atoms with E-state index < -0.39 is 0 Å². The molecule has 0 saturated heterocycles. The van der Waals surface area contributed by atoms with Crippen LogP contribution in [0.2, 0.25) is 0 Å². The highest BCUT2D eigenvalue weighted by Gasteiger charge is 2.24. The predicted molar refractivity (Wildman–Crippen MR) is 85.8 cm³/mol. The van der Waals surface area contributed by atoms with E-state index in [1.165, 1.54) is 15.3 Å². The fourth-order valence-electron chi connectivity index (χ4n) is 2.71. The van der Waals surface area contributed by atoms with Crippen LogP contribution in [0.5, 0.6) is 0 Å². The zero-order valence-corrected chi connectivity index (χ0v) is 12.8. The number of aryl methyl sites for hydroxylation is 1. The lowest BCUT2D eigenvalue weighted by Gasteiger charge is -2.24. The maximum absolute atomic E-state index is 4.86. The van der Waals surface area contributed by atoms with Gasteiger partial charge in [0.1, 0.15) is 11.5 Å². The van der Waals surface area contributed by atoms with Gasteiger partial charge in [-0.25, -0.2) is 4.68 Å². The van der Waals surface area contributed by atoms with E-state index >= 15 is 0 Å². The van der Waals surface area contributed by atoms with Crippen LogP contribution in [0.3, 0.4) is 0 Å². The smallest absolute Gasteiger partial charge is 0.125 e. The number of anilines is 1. The maximum Gasteiger partial charge on any atom is 0.125 e. The Bertz CT molecular complexity index is 724. The summed E-state index contributed by atoms with van der Waals surface area (Å²) in [6.45, 7) is 3.16. The van der Waals surface area contributed by atoms with E-state index in [9.17, 15) is 0 Å². The van der Waals surface area contributed by atoms with Crippen molar-refractivity contribution < 1.29 is 0 Å². The average Bonchev–Trinajstić information content (AvgIpc) is 3.17. The molecule has 0 fully saturated rings. The van der Waals surface area contributed by atoms with Crippen LogP contribution in [0.15, 0.2) is 35.0 Å². The van der Waals surface area contributed by atoms with Crippen LogP contribution in [0.1, 0.15) is 22.9 Å². The first-order valence-electron chi connectivity index (χ1n) is 6.74. The van der Waals surface area contributed by atoms with Crippen molar-refractivity contribution in [2.24, 2.45) is 0 Å². The largest absolute Gasteiger partial charge is 0.370 e. The number of aromatic nitrogens is 2. The predicted octanol–water partition coefficient (Wildman–Crippen LogP) is 4.39. The highest BCUT2D eigenvalue weighted by atomic mass is 32.1. The molecule has 1 N–H and O–H groups in total. The summed E-state index contributed by atoms with van der Waals surface area (Å²) in [4.78, 5) is 2.67. The molecule has 0 aromatic carbocycles. The van der Waals surface area contributed by atoms with Gasteiger partial charge in [0.15, 0.2) is 0 Å². The molecule has 0 saturated carbocycles. The number of thiophene rings is 2. The van der Waals surface area contributed by atoms with E-state index in [0.29, 0.717) is 6.04 Å². The molecule has 3 aromatic heterocycles. The third kappa shape index (κ3) is 1.89. The molecule has 1 unspecified atom stereocenters. The molecule has 3 aromatic rings. The van der Waals surface area contributed by atoms with E-state index in [4.69, 9.17) is 5.10 Å². The van der Waals surface area contributed by atoms with Crippen molar-refractivity contribution >= 4 is 28.5 Å². The molecule has 0 bridgehead atoms. The number of rotatable bonds is 2. The average molecular weight is 301 g/mol. The zero-order valence-electron chi connectivity index (χ0n) is 11.2. The summed E-state index contributed by atoms with van der Waals surface area (Å²) in [5.41, 5.74) is 2.39. The summed E-state index contributed by atoms with van der Waals surface area (Å²) < 4.78 is 2.16. The monoisotopic (exact) mass is 301 g/mol. The van der Waals surface area contributed by atoms with Gasteiger partial charge in [0.25, 0.3) is 0 Å². The molecular weight excluding hydrogens is 286 g/mol. The fraction of sp³-hybridized carbons (Fsp3) is 0.267. The van der Waals surface area contributed by atoms with Gasteiger partial charge >= 0.3 is 0 Å². The Morgan fingerprint density at radius 3 is 3.00 bits per heavy atom. The van der Waals surface area contributed by atoms with Gasteiger partial charge in [-0.15, -0.1) is 22.7 Å². The van der Waals surface area contributed by atoms with Crippen LogP contribution < -0.4 is 5.32 Å². The number of hydrogen-bond donors (Lipinski definition) is 1. The van der Waals surface area contributed by atoms with E-state index in [1.807, 2.05) is 11.3 Å². The van der Waals surface area contributed by atoms with Gasteiger partial charge in [-0.05, 0) is 41.8 Å². The Balaban J connectivity index is 1.80. The minimum atomic E-state index is 0.375. The Labute approximate surface area is 125 Å². The Kier molecular flexibility index (Phi) is 2.89. The second kappa shape index (κ2) is 4.75. The molecule has 20 heavy (non-hydrogen) atoms. The van der Waals surface area contributed by atoms with E-state index in [1.54, 1.807) is 11.3 Å². The van der Waals surface area contributed by atoms with Gasteiger partial charge in [-0.1, -0.05) is 6.07 Å². The quantitative estimate of drug-likeness (QED) is 0.761. The number of nitrogens with one attached hydrogen (secondary N) is 1. The molecule has 5 heteroatoms. The van der Waals surface area contributed by atoms with Crippen molar-refractivity contribution in [3.05, 3.63) is 45.5 Å². The minimum Gasteiger partial charge on any atom is -0.370 e. The van der Waals surface area contributed by atoms with Crippen molar-refractivity contribution in [3.63, 3.8) is 0 Å². The first-order chi connectivity index (χ1) is 9.83. The molecule has 0 aliphatic carbocycles. The van der Waals surface area contributed by atoms with Crippen molar-refractivity contribution in [1.29, 1.82) is 0 Å². The van der Waals surface area contributed by atoms with Crippen LogP contribution in [-0.2, 0) is 0 Å². The highest BCUT2D eigenvalue weighted by molar-refractivity contribution is 7.13. The zero-order chi connectivity index (χ0) is 13.5. The van der Waals surface area contributed by atoms with Gasteiger partial charge in [-0.3, -0.25) is 0 Å².